The highest BCUT2D eigenvalue weighted by atomic mass is 16.5. The van der Waals surface area contributed by atoms with Gasteiger partial charge in [-0.15, -0.1) is 0 Å². The highest BCUT2D eigenvalue weighted by Crippen LogP contribution is 2.34. The molecule has 0 aliphatic carbocycles. The smallest absolute Gasteiger partial charge is 0.342 e. The molecule has 8 heteroatoms. The van der Waals surface area contributed by atoms with Gasteiger partial charge in [0.15, 0.2) is 5.82 Å². The highest BCUT2D eigenvalue weighted by molar-refractivity contribution is 5.90. The Bertz CT molecular complexity index is 1510. The lowest BCUT2D eigenvalue weighted by Crippen LogP contribution is -2.20. The lowest BCUT2D eigenvalue weighted by Gasteiger charge is -2.18. The van der Waals surface area contributed by atoms with Gasteiger partial charge < -0.3 is 19.5 Å². The number of pyridine rings is 1. The number of ether oxygens (including phenoxy) is 2. The average Bonchev–Trinajstić information content (AvgIpc) is 3.25. The van der Waals surface area contributed by atoms with Crippen molar-refractivity contribution >= 4 is 5.97 Å². The van der Waals surface area contributed by atoms with E-state index in [0.717, 1.165) is 42.8 Å². The maximum atomic E-state index is 11.7. The zero-order valence-corrected chi connectivity index (χ0v) is 22.9. The molecule has 0 radical (unpaired) electrons. The highest BCUT2D eigenvalue weighted by Gasteiger charge is 2.21. The van der Waals surface area contributed by atoms with Crippen LogP contribution in [0.25, 0.3) is 17.1 Å². The number of carboxylic acids is 1. The molecule has 8 nitrogen and oxygen atoms in total. The fourth-order valence-electron chi connectivity index (χ4n) is 5.14. The Morgan fingerprint density at radius 1 is 1.03 bits per heavy atom. The molecule has 5 rings (SSSR count). The SMILES string of the molecule is CCOc1c(C(=O)O)cnn1-c1cccc(-c2cccc(C)c2OCc2ccc3c(c2C)CCN(C)CC3)n1. The van der Waals surface area contributed by atoms with Crippen molar-refractivity contribution in [2.75, 3.05) is 26.7 Å². The van der Waals surface area contributed by atoms with Crippen LogP contribution in [-0.4, -0.2) is 57.5 Å². The summed E-state index contributed by atoms with van der Waals surface area (Å²) < 4.78 is 13.5. The largest absolute Gasteiger partial charge is 0.488 e. The first-order chi connectivity index (χ1) is 18.9. The van der Waals surface area contributed by atoms with E-state index in [1.54, 1.807) is 13.0 Å². The molecule has 4 aromatic rings. The van der Waals surface area contributed by atoms with Gasteiger partial charge in [0.05, 0.1) is 18.5 Å². The van der Waals surface area contributed by atoms with Crippen molar-refractivity contribution < 1.29 is 19.4 Å². The van der Waals surface area contributed by atoms with E-state index in [4.69, 9.17) is 14.5 Å². The van der Waals surface area contributed by atoms with Crippen molar-refractivity contribution in [3.63, 3.8) is 0 Å². The van der Waals surface area contributed by atoms with Crippen LogP contribution in [0.2, 0.25) is 0 Å². The molecule has 0 unspecified atom stereocenters. The van der Waals surface area contributed by atoms with E-state index in [2.05, 4.69) is 36.1 Å². The number of benzene rings is 2. The molecule has 0 spiro atoms. The van der Waals surface area contributed by atoms with Gasteiger partial charge in [-0.25, -0.2) is 9.78 Å². The normalized spacial score (nSPS) is 13.5. The summed E-state index contributed by atoms with van der Waals surface area (Å²) in [6.45, 7) is 8.96. The van der Waals surface area contributed by atoms with Gasteiger partial charge in [-0.3, -0.25) is 0 Å². The number of carboxylic acid groups (broad SMARTS) is 1. The molecule has 0 saturated heterocycles. The van der Waals surface area contributed by atoms with Gasteiger partial charge in [0.1, 0.15) is 17.9 Å². The molecule has 2 aromatic carbocycles. The lowest BCUT2D eigenvalue weighted by atomic mass is 9.94. The maximum absolute atomic E-state index is 11.7. The minimum Gasteiger partial charge on any atom is -0.488 e. The van der Waals surface area contributed by atoms with Crippen LogP contribution in [0.4, 0.5) is 0 Å². The van der Waals surface area contributed by atoms with Crippen LogP contribution in [0.15, 0.2) is 54.7 Å². The third-order valence-corrected chi connectivity index (χ3v) is 7.36. The Labute approximate surface area is 228 Å². The zero-order chi connectivity index (χ0) is 27.5. The second-order valence-electron chi connectivity index (χ2n) is 9.93. The summed E-state index contributed by atoms with van der Waals surface area (Å²) in [5.74, 6) is 0.283. The predicted molar refractivity (Wildman–Crippen MR) is 150 cm³/mol. The van der Waals surface area contributed by atoms with E-state index >= 15 is 0 Å². The average molecular weight is 527 g/mol. The number of nitrogens with zero attached hydrogens (tertiary/aromatic N) is 4. The number of aromatic nitrogens is 3. The molecule has 1 aliphatic heterocycles. The van der Waals surface area contributed by atoms with Gasteiger partial charge in [0.25, 0.3) is 0 Å². The van der Waals surface area contributed by atoms with Gasteiger partial charge >= 0.3 is 5.97 Å². The minimum atomic E-state index is -1.10. The number of para-hydroxylation sites is 1. The second kappa shape index (κ2) is 11.3. The molecule has 3 heterocycles. The monoisotopic (exact) mass is 526 g/mol. The van der Waals surface area contributed by atoms with E-state index in [9.17, 15) is 9.90 Å². The third-order valence-electron chi connectivity index (χ3n) is 7.36. The van der Waals surface area contributed by atoms with E-state index < -0.39 is 5.97 Å². The molecule has 0 amide bonds. The van der Waals surface area contributed by atoms with E-state index in [-0.39, 0.29) is 11.4 Å². The number of carbonyl (C=O) groups is 1. The number of hydrogen-bond acceptors (Lipinski definition) is 6. The molecule has 2 aromatic heterocycles. The molecule has 1 N–H and O–H groups in total. The van der Waals surface area contributed by atoms with Crippen LogP contribution >= 0.6 is 0 Å². The lowest BCUT2D eigenvalue weighted by molar-refractivity contribution is 0.0692. The summed E-state index contributed by atoms with van der Waals surface area (Å²) in [6, 6.07) is 16.0. The van der Waals surface area contributed by atoms with Crippen LogP contribution < -0.4 is 9.47 Å². The molecular formula is C31H34N4O4. The van der Waals surface area contributed by atoms with Crippen LogP contribution in [0.1, 0.15) is 45.1 Å². The minimum absolute atomic E-state index is 0.00796. The van der Waals surface area contributed by atoms with Gasteiger partial charge in [-0.1, -0.05) is 30.3 Å². The Morgan fingerprint density at radius 3 is 2.62 bits per heavy atom. The Hall–Kier alpha value is -4.17. The Balaban J connectivity index is 1.46. The fraction of sp³-hybridized carbons (Fsp3) is 0.323. The van der Waals surface area contributed by atoms with Crippen molar-refractivity contribution in [1.82, 2.24) is 19.7 Å². The van der Waals surface area contributed by atoms with Gasteiger partial charge in [-0.05, 0) is 86.7 Å². The first kappa shape index (κ1) is 26.4. The number of rotatable bonds is 8. The summed E-state index contributed by atoms with van der Waals surface area (Å²) >= 11 is 0. The molecule has 0 bridgehead atoms. The van der Waals surface area contributed by atoms with Gasteiger partial charge in [0.2, 0.25) is 5.88 Å². The van der Waals surface area contributed by atoms with E-state index in [1.807, 2.05) is 37.3 Å². The number of hydrogen-bond donors (Lipinski definition) is 1. The Kier molecular flexibility index (Phi) is 7.65. The molecule has 202 valence electrons. The van der Waals surface area contributed by atoms with Crippen LogP contribution in [0.3, 0.4) is 0 Å². The first-order valence-corrected chi connectivity index (χ1v) is 13.3. The first-order valence-electron chi connectivity index (χ1n) is 13.3. The standard InChI is InChI=1S/C31H34N4O4/c1-5-38-30-26(31(36)37)18-32-35(30)28-11-7-10-27(33-28)25-9-6-8-20(2)29(25)39-19-23-13-12-22-14-16-34(4)17-15-24(22)21(23)3/h6-13,18H,5,14-17,19H2,1-4H3,(H,36,37). The number of aromatic carboxylic acids is 1. The Morgan fingerprint density at radius 2 is 1.82 bits per heavy atom. The van der Waals surface area contributed by atoms with Crippen LogP contribution in [0.5, 0.6) is 11.6 Å². The molecular weight excluding hydrogens is 492 g/mol. The fourth-order valence-corrected chi connectivity index (χ4v) is 5.14. The van der Waals surface area contributed by atoms with Gasteiger partial charge in [0, 0.05) is 18.7 Å². The summed E-state index contributed by atoms with van der Waals surface area (Å²) in [7, 11) is 2.18. The maximum Gasteiger partial charge on any atom is 0.342 e. The van der Waals surface area contributed by atoms with Crippen LogP contribution in [-0.2, 0) is 19.4 Å². The summed E-state index contributed by atoms with van der Waals surface area (Å²) in [4.78, 5) is 18.9. The quantitative estimate of drug-likeness (QED) is 0.335. The number of fused-ring (bicyclic) bond motifs is 1. The molecule has 39 heavy (non-hydrogen) atoms. The van der Waals surface area contributed by atoms with Crippen molar-refractivity contribution in [2.45, 2.75) is 40.2 Å². The number of likely N-dealkylation sites (N-methyl/N-ethyl adjacent to an activating group) is 1. The van der Waals surface area contributed by atoms with Crippen molar-refractivity contribution in [2.24, 2.45) is 0 Å². The predicted octanol–water partition coefficient (Wildman–Crippen LogP) is 5.26. The summed E-state index contributed by atoms with van der Waals surface area (Å²) in [5.41, 5.74) is 7.95. The second-order valence-corrected chi connectivity index (χ2v) is 9.93. The summed E-state index contributed by atoms with van der Waals surface area (Å²) in [6.07, 6.45) is 3.41. The van der Waals surface area contributed by atoms with E-state index in [1.165, 1.54) is 33.1 Å². The van der Waals surface area contributed by atoms with Gasteiger partial charge in [-0.2, -0.15) is 9.78 Å². The van der Waals surface area contributed by atoms with Crippen molar-refractivity contribution in [3.8, 4) is 28.7 Å². The third kappa shape index (κ3) is 5.38. The summed E-state index contributed by atoms with van der Waals surface area (Å²) in [5, 5.41) is 13.8. The number of aryl methyl sites for hydroxylation is 1. The van der Waals surface area contributed by atoms with E-state index in [0.29, 0.717) is 24.7 Å². The molecule has 1 aliphatic rings. The topological polar surface area (TPSA) is 89.7 Å². The molecule has 0 fully saturated rings. The molecule has 0 atom stereocenters. The molecule has 0 saturated carbocycles. The van der Waals surface area contributed by atoms with Crippen molar-refractivity contribution in [3.05, 3.63) is 88.1 Å². The zero-order valence-electron chi connectivity index (χ0n) is 22.9. The van der Waals surface area contributed by atoms with Crippen molar-refractivity contribution in [1.29, 1.82) is 0 Å². The van der Waals surface area contributed by atoms with Crippen LogP contribution in [0, 0.1) is 13.8 Å².